The van der Waals surface area contributed by atoms with Crippen LogP contribution in [-0.2, 0) is 15.1 Å². The van der Waals surface area contributed by atoms with E-state index in [0.29, 0.717) is 6.54 Å². The minimum Gasteiger partial charge on any atom is -0.345 e. The van der Waals surface area contributed by atoms with Gasteiger partial charge in [0.05, 0.1) is 21.6 Å². The second-order valence-corrected chi connectivity index (χ2v) is 9.31. The average molecular weight is 414 g/mol. The lowest BCUT2D eigenvalue weighted by atomic mass is 9.92. The standard InChI is InChI=1S/C23H31N3O2S/c1-6-15(2)22(28)26-13-7-8-19(26)21(27)25-23(4,5)18-11-9-17(10-12-18)20-16(3)24-14-29-20/h9-12,14-15,19H,6-8,13H2,1-5H3,(H,25,27). The number of nitrogens with one attached hydrogen (secondary N) is 1. The van der Waals surface area contributed by atoms with Gasteiger partial charge in [-0.3, -0.25) is 9.59 Å². The molecule has 1 saturated heterocycles. The highest BCUT2D eigenvalue weighted by Gasteiger charge is 2.37. The molecule has 1 aromatic heterocycles. The third-order valence-electron chi connectivity index (χ3n) is 5.92. The predicted molar refractivity (Wildman–Crippen MR) is 118 cm³/mol. The minimum atomic E-state index is -0.522. The molecule has 1 N–H and O–H groups in total. The fraction of sp³-hybridized carbons (Fsp3) is 0.522. The quantitative estimate of drug-likeness (QED) is 0.758. The number of hydrogen-bond acceptors (Lipinski definition) is 4. The third kappa shape index (κ3) is 4.53. The summed E-state index contributed by atoms with van der Waals surface area (Å²) in [5.41, 5.74) is 4.54. The van der Waals surface area contributed by atoms with Crippen molar-refractivity contribution in [3.05, 3.63) is 41.0 Å². The van der Waals surface area contributed by atoms with Gasteiger partial charge < -0.3 is 10.2 Å². The molecule has 6 heteroatoms. The summed E-state index contributed by atoms with van der Waals surface area (Å²) in [7, 11) is 0. The number of amides is 2. The summed E-state index contributed by atoms with van der Waals surface area (Å²) in [6, 6.07) is 7.92. The molecular formula is C23H31N3O2S. The minimum absolute atomic E-state index is 0.0425. The monoisotopic (exact) mass is 413 g/mol. The lowest BCUT2D eigenvalue weighted by molar-refractivity contribution is -0.141. The lowest BCUT2D eigenvalue weighted by Crippen LogP contribution is -2.52. The Balaban J connectivity index is 1.72. The van der Waals surface area contributed by atoms with Gasteiger partial charge in [0, 0.05) is 12.5 Å². The SMILES string of the molecule is CCC(C)C(=O)N1CCCC1C(=O)NC(C)(C)c1ccc(-c2scnc2C)cc1. The first kappa shape index (κ1) is 21.5. The molecule has 0 saturated carbocycles. The van der Waals surface area contributed by atoms with Gasteiger partial charge in [0.25, 0.3) is 0 Å². The first-order chi connectivity index (χ1) is 13.7. The van der Waals surface area contributed by atoms with Crippen LogP contribution in [0.15, 0.2) is 29.8 Å². The number of aryl methyl sites for hydroxylation is 1. The van der Waals surface area contributed by atoms with Crippen molar-refractivity contribution in [2.45, 2.75) is 65.5 Å². The number of rotatable bonds is 6. The van der Waals surface area contributed by atoms with E-state index in [1.54, 1.807) is 16.2 Å². The highest BCUT2D eigenvalue weighted by Crippen LogP contribution is 2.30. The second-order valence-electron chi connectivity index (χ2n) is 8.46. The molecule has 3 rings (SSSR count). The fourth-order valence-corrected chi connectivity index (χ4v) is 4.65. The molecule has 2 aromatic rings. The topological polar surface area (TPSA) is 62.3 Å². The molecule has 2 heterocycles. The number of aromatic nitrogens is 1. The maximum absolute atomic E-state index is 13.0. The Hall–Kier alpha value is -2.21. The molecule has 2 unspecified atom stereocenters. The van der Waals surface area contributed by atoms with Crippen LogP contribution in [0.25, 0.3) is 10.4 Å². The summed E-state index contributed by atoms with van der Waals surface area (Å²) in [5.74, 6) is -0.0158. The van der Waals surface area contributed by atoms with Gasteiger partial charge in [-0.05, 0) is 51.2 Å². The van der Waals surface area contributed by atoms with E-state index in [9.17, 15) is 9.59 Å². The van der Waals surface area contributed by atoms with Crippen LogP contribution in [-0.4, -0.2) is 34.3 Å². The lowest BCUT2D eigenvalue weighted by Gasteiger charge is -2.32. The van der Waals surface area contributed by atoms with E-state index in [-0.39, 0.29) is 23.8 Å². The largest absolute Gasteiger partial charge is 0.345 e. The number of hydrogen-bond donors (Lipinski definition) is 1. The van der Waals surface area contributed by atoms with Crippen molar-refractivity contribution in [3.63, 3.8) is 0 Å². The number of likely N-dealkylation sites (tertiary alicyclic amines) is 1. The molecular weight excluding hydrogens is 382 g/mol. The Labute approximate surface area is 177 Å². The summed E-state index contributed by atoms with van der Waals surface area (Å²) in [6.45, 7) is 10.6. The summed E-state index contributed by atoms with van der Waals surface area (Å²) < 4.78 is 0. The molecule has 2 amide bonds. The van der Waals surface area contributed by atoms with Gasteiger partial charge in [0.2, 0.25) is 11.8 Å². The first-order valence-electron chi connectivity index (χ1n) is 10.4. The van der Waals surface area contributed by atoms with E-state index in [0.717, 1.165) is 36.1 Å². The zero-order chi connectivity index (χ0) is 21.2. The highest BCUT2D eigenvalue weighted by molar-refractivity contribution is 7.13. The van der Waals surface area contributed by atoms with Crippen molar-refractivity contribution >= 4 is 23.2 Å². The second kappa shape index (κ2) is 8.66. The van der Waals surface area contributed by atoms with Crippen LogP contribution in [0, 0.1) is 12.8 Å². The van der Waals surface area contributed by atoms with Crippen molar-refractivity contribution in [3.8, 4) is 10.4 Å². The molecule has 1 aromatic carbocycles. The van der Waals surface area contributed by atoms with E-state index in [4.69, 9.17) is 0 Å². The number of thiazole rings is 1. The number of benzene rings is 1. The molecule has 0 radical (unpaired) electrons. The van der Waals surface area contributed by atoms with Crippen LogP contribution in [0.2, 0.25) is 0 Å². The molecule has 1 aliphatic rings. The van der Waals surface area contributed by atoms with Crippen molar-refractivity contribution in [2.24, 2.45) is 5.92 Å². The molecule has 29 heavy (non-hydrogen) atoms. The van der Waals surface area contributed by atoms with E-state index in [1.165, 1.54) is 4.88 Å². The summed E-state index contributed by atoms with van der Waals surface area (Å²) in [4.78, 5) is 33.0. The molecule has 156 valence electrons. The smallest absolute Gasteiger partial charge is 0.243 e. The Morgan fingerprint density at radius 2 is 2.00 bits per heavy atom. The van der Waals surface area contributed by atoms with Crippen molar-refractivity contribution in [1.82, 2.24) is 15.2 Å². The molecule has 1 fully saturated rings. The molecule has 1 aliphatic heterocycles. The normalized spacial score (nSPS) is 18.0. The van der Waals surface area contributed by atoms with Gasteiger partial charge in [-0.25, -0.2) is 4.98 Å². The molecule has 0 spiro atoms. The van der Waals surface area contributed by atoms with E-state index in [1.807, 2.05) is 40.1 Å². The molecule has 0 bridgehead atoms. The van der Waals surface area contributed by atoms with Crippen LogP contribution >= 0.6 is 11.3 Å². The summed E-state index contributed by atoms with van der Waals surface area (Å²) >= 11 is 1.63. The van der Waals surface area contributed by atoms with Crippen LogP contribution in [0.3, 0.4) is 0 Å². The zero-order valence-electron chi connectivity index (χ0n) is 18.0. The van der Waals surface area contributed by atoms with Gasteiger partial charge in [-0.2, -0.15) is 0 Å². The molecule has 0 aliphatic carbocycles. The maximum Gasteiger partial charge on any atom is 0.243 e. The van der Waals surface area contributed by atoms with E-state index < -0.39 is 5.54 Å². The number of carbonyl (C=O) groups excluding carboxylic acids is 2. The van der Waals surface area contributed by atoms with Crippen molar-refractivity contribution in [2.75, 3.05) is 6.54 Å². The highest BCUT2D eigenvalue weighted by atomic mass is 32.1. The van der Waals surface area contributed by atoms with Crippen molar-refractivity contribution < 1.29 is 9.59 Å². The summed E-state index contributed by atoms with van der Waals surface area (Å²) in [5, 5.41) is 3.18. The summed E-state index contributed by atoms with van der Waals surface area (Å²) in [6.07, 6.45) is 2.40. The van der Waals surface area contributed by atoms with Crippen LogP contribution in [0.5, 0.6) is 0 Å². The molecule has 5 nitrogen and oxygen atoms in total. The van der Waals surface area contributed by atoms with Crippen LogP contribution in [0.4, 0.5) is 0 Å². The predicted octanol–water partition coefficient (Wildman–Crippen LogP) is 4.51. The Morgan fingerprint density at radius 1 is 1.31 bits per heavy atom. The zero-order valence-corrected chi connectivity index (χ0v) is 18.8. The first-order valence-corrected chi connectivity index (χ1v) is 11.3. The molecule has 2 atom stereocenters. The van der Waals surface area contributed by atoms with Crippen LogP contribution in [0.1, 0.15) is 58.2 Å². The van der Waals surface area contributed by atoms with E-state index >= 15 is 0 Å². The Morgan fingerprint density at radius 3 is 2.59 bits per heavy atom. The fourth-order valence-electron chi connectivity index (χ4n) is 3.84. The number of nitrogens with zero attached hydrogens (tertiary/aromatic N) is 2. The average Bonchev–Trinajstić information content (AvgIpc) is 3.35. The van der Waals surface area contributed by atoms with Gasteiger partial charge in [0.15, 0.2) is 0 Å². The third-order valence-corrected chi connectivity index (χ3v) is 6.90. The Bertz CT molecular complexity index is 873. The number of carbonyl (C=O) groups is 2. The van der Waals surface area contributed by atoms with Gasteiger partial charge >= 0.3 is 0 Å². The van der Waals surface area contributed by atoms with Crippen LogP contribution < -0.4 is 5.32 Å². The maximum atomic E-state index is 13.0. The Kier molecular flexibility index (Phi) is 6.42. The van der Waals surface area contributed by atoms with E-state index in [2.05, 4.69) is 34.6 Å². The van der Waals surface area contributed by atoms with Gasteiger partial charge in [-0.1, -0.05) is 38.1 Å². The van der Waals surface area contributed by atoms with Gasteiger partial charge in [0.1, 0.15) is 6.04 Å². The van der Waals surface area contributed by atoms with Gasteiger partial charge in [-0.15, -0.1) is 11.3 Å². The van der Waals surface area contributed by atoms with Crippen molar-refractivity contribution in [1.29, 1.82) is 0 Å².